The Morgan fingerprint density at radius 1 is 1.18 bits per heavy atom. The second-order valence-corrected chi connectivity index (χ2v) is 6.39. The zero-order valence-corrected chi connectivity index (χ0v) is 13.5. The average molecular weight is 302 g/mol. The fourth-order valence-electron chi connectivity index (χ4n) is 2.81. The Bertz CT molecular complexity index is 491. The second-order valence-electron chi connectivity index (χ2n) is 6.39. The number of nitrogens with one attached hydrogen (secondary N) is 1. The molecule has 1 fully saturated rings. The third kappa shape index (κ3) is 4.86. The van der Waals surface area contributed by atoms with Crippen LogP contribution in [0.4, 0.5) is 0 Å². The number of hydrogen-bond acceptors (Lipinski definition) is 2. The smallest absolute Gasteiger partial charge is 0.241 e. The lowest BCUT2D eigenvalue weighted by atomic mass is 9.90. The van der Waals surface area contributed by atoms with Crippen molar-refractivity contribution >= 4 is 11.8 Å². The van der Waals surface area contributed by atoms with Gasteiger partial charge in [-0.25, -0.2) is 0 Å². The van der Waals surface area contributed by atoms with Crippen molar-refractivity contribution in [3.8, 4) is 0 Å². The van der Waals surface area contributed by atoms with E-state index in [1.807, 2.05) is 24.8 Å². The maximum Gasteiger partial charge on any atom is 0.241 e. The first-order valence-corrected chi connectivity index (χ1v) is 8.15. The van der Waals surface area contributed by atoms with E-state index in [1.54, 1.807) is 0 Å². The average Bonchev–Trinajstić information content (AvgIpc) is 2.54. The first-order valence-electron chi connectivity index (χ1n) is 8.15. The highest BCUT2D eigenvalue weighted by Gasteiger charge is 2.23. The Kier molecular flexibility index (Phi) is 5.99. The molecule has 1 aliphatic heterocycles. The summed E-state index contributed by atoms with van der Waals surface area (Å²) in [5, 5.41) is 2.70. The van der Waals surface area contributed by atoms with Crippen LogP contribution in [0.2, 0.25) is 0 Å². The van der Waals surface area contributed by atoms with Gasteiger partial charge in [-0.15, -0.1) is 0 Å². The Labute approximate surface area is 132 Å². The Morgan fingerprint density at radius 2 is 1.82 bits per heavy atom. The summed E-state index contributed by atoms with van der Waals surface area (Å²) in [4.78, 5) is 25.5. The zero-order chi connectivity index (χ0) is 15.9. The van der Waals surface area contributed by atoms with E-state index in [9.17, 15) is 9.59 Å². The highest BCUT2D eigenvalue weighted by atomic mass is 16.2. The second kappa shape index (κ2) is 7.97. The fourth-order valence-corrected chi connectivity index (χ4v) is 2.81. The number of benzene rings is 1. The molecule has 0 radical (unpaired) electrons. The zero-order valence-electron chi connectivity index (χ0n) is 13.5. The van der Waals surface area contributed by atoms with E-state index in [4.69, 9.17) is 0 Å². The number of hydrogen-bond donors (Lipinski definition) is 1. The monoisotopic (exact) mass is 302 g/mol. The first kappa shape index (κ1) is 16.5. The van der Waals surface area contributed by atoms with Crippen molar-refractivity contribution in [3.05, 3.63) is 35.9 Å². The molecule has 1 saturated heterocycles. The van der Waals surface area contributed by atoms with Gasteiger partial charge in [0.15, 0.2) is 0 Å². The molecule has 0 aliphatic carbocycles. The molecule has 1 aliphatic rings. The van der Waals surface area contributed by atoms with Gasteiger partial charge in [0.25, 0.3) is 0 Å². The molecule has 4 heteroatoms. The summed E-state index contributed by atoms with van der Waals surface area (Å²) in [5.74, 6) is 0.542. The summed E-state index contributed by atoms with van der Waals surface area (Å²) in [7, 11) is 0. The lowest BCUT2D eigenvalue weighted by Gasteiger charge is -2.32. The van der Waals surface area contributed by atoms with Gasteiger partial charge in [0.2, 0.25) is 11.8 Å². The number of nitrogens with zero attached hydrogens (tertiary/aromatic N) is 1. The predicted molar refractivity (Wildman–Crippen MR) is 87.3 cm³/mol. The predicted octanol–water partition coefficient (Wildman–Crippen LogP) is 2.24. The molecule has 1 heterocycles. The molecule has 1 aromatic rings. The molecular formula is C18H26N2O2. The maximum atomic E-state index is 12.1. The van der Waals surface area contributed by atoms with Gasteiger partial charge in [-0.2, -0.15) is 0 Å². The standard InChI is InChI=1S/C18H26N2O2/c1-14(2)18(22)19-13-17(21)20-10-8-16(9-11-20)12-15-6-4-3-5-7-15/h3-7,14,16H,8-13H2,1-2H3,(H,19,22). The van der Waals surface area contributed by atoms with Crippen molar-refractivity contribution in [1.29, 1.82) is 0 Å². The number of rotatable bonds is 5. The Morgan fingerprint density at radius 3 is 2.41 bits per heavy atom. The van der Waals surface area contributed by atoms with E-state index in [1.165, 1.54) is 5.56 Å². The van der Waals surface area contributed by atoms with E-state index in [0.29, 0.717) is 5.92 Å². The van der Waals surface area contributed by atoms with Crippen LogP contribution in [0, 0.1) is 11.8 Å². The van der Waals surface area contributed by atoms with Crippen molar-refractivity contribution in [3.63, 3.8) is 0 Å². The molecule has 0 unspecified atom stereocenters. The summed E-state index contributed by atoms with van der Waals surface area (Å²) in [6, 6.07) is 10.5. The van der Waals surface area contributed by atoms with Crippen molar-refractivity contribution in [2.45, 2.75) is 33.1 Å². The van der Waals surface area contributed by atoms with E-state index in [0.717, 1.165) is 32.4 Å². The SMILES string of the molecule is CC(C)C(=O)NCC(=O)N1CCC(Cc2ccccc2)CC1. The third-order valence-corrected chi connectivity index (χ3v) is 4.27. The molecule has 0 aromatic heterocycles. The van der Waals surface area contributed by atoms with E-state index in [2.05, 4.69) is 29.6 Å². The third-order valence-electron chi connectivity index (χ3n) is 4.27. The van der Waals surface area contributed by atoms with Crippen LogP contribution in [0.5, 0.6) is 0 Å². The van der Waals surface area contributed by atoms with Crippen molar-refractivity contribution in [2.24, 2.45) is 11.8 Å². The molecule has 22 heavy (non-hydrogen) atoms. The van der Waals surface area contributed by atoms with E-state index < -0.39 is 0 Å². The molecule has 0 spiro atoms. The van der Waals surface area contributed by atoms with Crippen LogP contribution in [-0.4, -0.2) is 36.3 Å². The number of carbonyl (C=O) groups is 2. The van der Waals surface area contributed by atoms with Gasteiger partial charge < -0.3 is 10.2 Å². The first-order chi connectivity index (χ1) is 10.6. The van der Waals surface area contributed by atoms with Gasteiger partial charge in [0.05, 0.1) is 6.54 Å². The van der Waals surface area contributed by atoms with Crippen LogP contribution >= 0.6 is 0 Å². The van der Waals surface area contributed by atoms with Gasteiger partial charge in [-0.3, -0.25) is 9.59 Å². The van der Waals surface area contributed by atoms with Crippen LogP contribution in [0.3, 0.4) is 0 Å². The molecule has 120 valence electrons. The number of carbonyl (C=O) groups excluding carboxylic acids is 2. The molecule has 1 aromatic carbocycles. The topological polar surface area (TPSA) is 49.4 Å². The largest absolute Gasteiger partial charge is 0.347 e. The lowest BCUT2D eigenvalue weighted by molar-refractivity contribution is -0.134. The molecule has 2 amide bonds. The molecule has 0 atom stereocenters. The lowest BCUT2D eigenvalue weighted by Crippen LogP contribution is -2.44. The minimum atomic E-state index is -0.0793. The quantitative estimate of drug-likeness (QED) is 0.907. The normalized spacial score (nSPS) is 15.9. The van der Waals surface area contributed by atoms with Crippen molar-refractivity contribution in [2.75, 3.05) is 19.6 Å². The van der Waals surface area contributed by atoms with Crippen LogP contribution in [0.15, 0.2) is 30.3 Å². The van der Waals surface area contributed by atoms with Gasteiger partial charge in [0, 0.05) is 19.0 Å². The maximum absolute atomic E-state index is 12.1. The summed E-state index contributed by atoms with van der Waals surface area (Å²) in [6.45, 7) is 5.38. The Balaban J connectivity index is 1.72. The summed E-state index contributed by atoms with van der Waals surface area (Å²) >= 11 is 0. The summed E-state index contributed by atoms with van der Waals surface area (Å²) in [6.07, 6.45) is 3.17. The Hall–Kier alpha value is -1.84. The van der Waals surface area contributed by atoms with Gasteiger partial charge in [-0.05, 0) is 30.7 Å². The van der Waals surface area contributed by atoms with E-state index in [-0.39, 0.29) is 24.3 Å². The van der Waals surface area contributed by atoms with Crippen molar-refractivity contribution in [1.82, 2.24) is 10.2 Å². The van der Waals surface area contributed by atoms with Crippen LogP contribution in [0.1, 0.15) is 32.3 Å². The van der Waals surface area contributed by atoms with Crippen LogP contribution in [-0.2, 0) is 16.0 Å². The van der Waals surface area contributed by atoms with Crippen LogP contribution in [0.25, 0.3) is 0 Å². The summed E-state index contributed by atoms with van der Waals surface area (Å²) in [5.41, 5.74) is 1.37. The van der Waals surface area contributed by atoms with Crippen molar-refractivity contribution < 1.29 is 9.59 Å². The van der Waals surface area contributed by atoms with Crippen LogP contribution < -0.4 is 5.32 Å². The molecule has 4 nitrogen and oxygen atoms in total. The van der Waals surface area contributed by atoms with Gasteiger partial charge in [-0.1, -0.05) is 44.2 Å². The number of likely N-dealkylation sites (tertiary alicyclic amines) is 1. The fraction of sp³-hybridized carbons (Fsp3) is 0.556. The molecule has 1 N–H and O–H groups in total. The molecule has 0 saturated carbocycles. The highest BCUT2D eigenvalue weighted by molar-refractivity contribution is 5.85. The van der Waals surface area contributed by atoms with Gasteiger partial charge >= 0.3 is 0 Å². The number of amides is 2. The molecular weight excluding hydrogens is 276 g/mol. The minimum Gasteiger partial charge on any atom is -0.347 e. The molecule has 2 rings (SSSR count). The molecule has 0 bridgehead atoms. The van der Waals surface area contributed by atoms with E-state index >= 15 is 0 Å². The highest BCUT2D eigenvalue weighted by Crippen LogP contribution is 2.21. The minimum absolute atomic E-state index is 0.0344. The summed E-state index contributed by atoms with van der Waals surface area (Å²) < 4.78 is 0. The number of piperidine rings is 1. The van der Waals surface area contributed by atoms with Gasteiger partial charge in [0.1, 0.15) is 0 Å².